The minimum atomic E-state index is 0.0703. The molecular weight excluding hydrogens is 204 g/mol. The quantitative estimate of drug-likeness (QED) is 0.665. The van der Waals surface area contributed by atoms with Gasteiger partial charge < -0.3 is 11.1 Å². The number of carbonyl (C=O) groups is 1. The number of nitrogens with one attached hydrogen (secondary N) is 2. The van der Waals surface area contributed by atoms with E-state index >= 15 is 0 Å². The maximum atomic E-state index is 11.5. The maximum Gasteiger partial charge on any atom is 0.220 e. The lowest BCUT2D eigenvalue weighted by Gasteiger charge is -2.08. The number of aromatic amines is 1. The van der Waals surface area contributed by atoms with E-state index < -0.39 is 0 Å². The van der Waals surface area contributed by atoms with Gasteiger partial charge in [0.15, 0.2) is 0 Å². The summed E-state index contributed by atoms with van der Waals surface area (Å²) < 4.78 is 0. The average Bonchev–Trinajstić information content (AvgIpc) is 2.69. The zero-order valence-electron chi connectivity index (χ0n) is 9.92. The van der Waals surface area contributed by atoms with E-state index in [1.54, 1.807) is 6.20 Å². The first-order valence-corrected chi connectivity index (χ1v) is 5.59. The van der Waals surface area contributed by atoms with Crippen molar-refractivity contribution in [3.05, 3.63) is 17.5 Å². The van der Waals surface area contributed by atoms with Crippen LogP contribution in [0.5, 0.6) is 0 Å². The Kier molecular flexibility index (Phi) is 4.98. The number of H-pyrrole nitrogens is 1. The monoisotopic (exact) mass is 224 g/mol. The molecule has 1 aromatic heterocycles. The van der Waals surface area contributed by atoms with E-state index in [1.807, 2.05) is 13.8 Å². The van der Waals surface area contributed by atoms with E-state index in [4.69, 9.17) is 5.73 Å². The molecule has 0 fully saturated rings. The van der Waals surface area contributed by atoms with Crippen molar-refractivity contribution in [3.8, 4) is 0 Å². The summed E-state index contributed by atoms with van der Waals surface area (Å²) in [6, 6.07) is 0. The maximum absolute atomic E-state index is 11.5. The number of hydrogen-bond donors (Lipinski definition) is 3. The molecule has 0 saturated carbocycles. The number of aromatic nitrogens is 2. The summed E-state index contributed by atoms with van der Waals surface area (Å²) in [6.45, 7) is 5.16. The predicted molar refractivity (Wildman–Crippen MR) is 62.6 cm³/mol. The third kappa shape index (κ3) is 4.02. The highest BCUT2D eigenvalue weighted by Crippen LogP contribution is 2.04. The van der Waals surface area contributed by atoms with Crippen LogP contribution in [0.4, 0.5) is 0 Å². The molecule has 1 atom stereocenters. The molecule has 90 valence electrons. The van der Waals surface area contributed by atoms with Crippen LogP contribution in [0.1, 0.15) is 31.0 Å². The van der Waals surface area contributed by atoms with E-state index in [9.17, 15) is 4.79 Å². The second-order valence-corrected chi connectivity index (χ2v) is 4.18. The van der Waals surface area contributed by atoms with Crippen LogP contribution in [0.2, 0.25) is 0 Å². The third-order valence-corrected chi connectivity index (χ3v) is 2.68. The van der Waals surface area contributed by atoms with Crippen LogP contribution < -0.4 is 11.1 Å². The smallest absolute Gasteiger partial charge is 0.220 e. The summed E-state index contributed by atoms with van der Waals surface area (Å²) in [5, 5.41) is 9.59. The normalized spacial score (nSPS) is 12.4. The van der Waals surface area contributed by atoms with Crippen molar-refractivity contribution in [2.75, 3.05) is 6.54 Å². The van der Waals surface area contributed by atoms with E-state index in [2.05, 4.69) is 15.5 Å². The molecule has 0 radical (unpaired) electrons. The average molecular weight is 224 g/mol. The molecule has 0 aliphatic rings. The molecule has 0 bridgehead atoms. The standard InChI is InChI=1S/C11H20N4O/c1-8(5-12)3-4-11(16)13-6-10-7-14-15-9(10)2/h7-8H,3-6,12H2,1-2H3,(H,13,16)(H,14,15). The third-order valence-electron chi connectivity index (χ3n) is 2.68. The highest BCUT2D eigenvalue weighted by Gasteiger charge is 2.06. The van der Waals surface area contributed by atoms with Crippen LogP contribution in [0.15, 0.2) is 6.20 Å². The van der Waals surface area contributed by atoms with Crippen molar-refractivity contribution in [1.82, 2.24) is 15.5 Å². The largest absolute Gasteiger partial charge is 0.352 e. The molecule has 1 heterocycles. The second kappa shape index (κ2) is 6.27. The zero-order chi connectivity index (χ0) is 12.0. The number of rotatable bonds is 6. The molecule has 4 N–H and O–H groups in total. The van der Waals surface area contributed by atoms with Crippen molar-refractivity contribution < 1.29 is 4.79 Å². The highest BCUT2D eigenvalue weighted by atomic mass is 16.1. The summed E-state index contributed by atoms with van der Waals surface area (Å²) >= 11 is 0. The van der Waals surface area contributed by atoms with Gasteiger partial charge in [-0.3, -0.25) is 9.89 Å². The lowest BCUT2D eigenvalue weighted by atomic mass is 10.1. The molecule has 0 spiro atoms. The summed E-state index contributed by atoms with van der Waals surface area (Å²) in [4.78, 5) is 11.5. The van der Waals surface area contributed by atoms with Gasteiger partial charge in [0.25, 0.3) is 0 Å². The van der Waals surface area contributed by atoms with Gasteiger partial charge in [-0.25, -0.2) is 0 Å². The zero-order valence-corrected chi connectivity index (χ0v) is 9.92. The summed E-state index contributed by atoms with van der Waals surface area (Å²) in [7, 11) is 0. The fourth-order valence-electron chi connectivity index (χ4n) is 1.33. The number of aryl methyl sites for hydroxylation is 1. The number of hydrogen-bond acceptors (Lipinski definition) is 3. The Bertz CT molecular complexity index is 334. The summed E-state index contributed by atoms with van der Waals surface area (Å²) in [6.07, 6.45) is 3.11. The SMILES string of the molecule is Cc1[nH]ncc1CNC(=O)CCC(C)CN. The molecule has 16 heavy (non-hydrogen) atoms. The van der Waals surface area contributed by atoms with Gasteiger partial charge >= 0.3 is 0 Å². The van der Waals surface area contributed by atoms with Gasteiger partial charge in [-0.05, 0) is 25.8 Å². The summed E-state index contributed by atoms with van der Waals surface area (Å²) in [5.41, 5.74) is 7.51. The lowest BCUT2D eigenvalue weighted by molar-refractivity contribution is -0.121. The van der Waals surface area contributed by atoms with Gasteiger partial charge in [-0.15, -0.1) is 0 Å². The van der Waals surface area contributed by atoms with Gasteiger partial charge in [0.05, 0.1) is 6.20 Å². The van der Waals surface area contributed by atoms with Crippen LogP contribution in [0.3, 0.4) is 0 Å². The van der Waals surface area contributed by atoms with Crippen molar-refractivity contribution in [2.24, 2.45) is 11.7 Å². The first kappa shape index (κ1) is 12.7. The van der Waals surface area contributed by atoms with E-state index in [0.717, 1.165) is 17.7 Å². The van der Waals surface area contributed by atoms with Crippen LogP contribution >= 0.6 is 0 Å². The van der Waals surface area contributed by atoms with E-state index in [1.165, 1.54) is 0 Å². The summed E-state index contributed by atoms with van der Waals surface area (Å²) in [5.74, 6) is 0.474. The molecule has 1 amide bonds. The van der Waals surface area contributed by atoms with Crippen LogP contribution in [0.25, 0.3) is 0 Å². The van der Waals surface area contributed by atoms with Gasteiger partial charge in [-0.2, -0.15) is 5.10 Å². The fraction of sp³-hybridized carbons (Fsp3) is 0.636. The Balaban J connectivity index is 2.23. The van der Waals surface area contributed by atoms with Crippen LogP contribution in [0, 0.1) is 12.8 Å². The van der Waals surface area contributed by atoms with Crippen molar-refractivity contribution in [1.29, 1.82) is 0 Å². The molecule has 0 aromatic carbocycles. The van der Waals surface area contributed by atoms with Gasteiger partial charge in [0.2, 0.25) is 5.91 Å². The fourth-order valence-corrected chi connectivity index (χ4v) is 1.33. The number of carbonyl (C=O) groups excluding carboxylic acids is 1. The molecule has 1 aromatic rings. The van der Waals surface area contributed by atoms with Crippen molar-refractivity contribution >= 4 is 5.91 Å². The molecule has 0 aliphatic carbocycles. The first-order chi connectivity index (χ1) is 7.63. The number of amides is 1. The van der Waals surface area contributed by atoms with Gasteiger partial charge in [-0.1, -0.05) is 6.92 Å². The molecule has 5 heteroatoms. The van der Waals surface area contributed by atoms with Crippen LogP contribution in [-0.2, 0) is 11.3 Å². The van der Waals surface area contributed by atoms with Crippen LogP contribution in [-0.4, -0.2) is 22.6 Å². The molecular formula is C11H20N4O. The second-order valence-electron chi connectivity index (χ2n) is 4.18. The molecule has 0 saturated heterocycles. The minimum absolute atomic E-state index is 0.0703. The number of nitrogens with two attached hydrogens (primary N) is 1. The number of nitrogens with zero attached hydrogens (tertiary/aromatic N) is 1. The Hall–Kier alpha value is -1.36. The van der Waals surface area contributed by atoms with E-state index in [0.29, 0.717) is 25.4 Å². The van der Waals surface area contributed by atoms with Gasteiger partial charge in [0.1, 0.15) is 0 Å². The Labute approximate surface area is 95.8 Å². The Morgan fingerprint density at radius 3 is 3.00 bits per heavy atom. The lowest BCUT2D eigenvalue weighted by Crippen LogP contribution is -2.24. The molecule has 5 nitrogen and oxygen atoms in total. The molecule has 1 unspecified atom stereocenters. The minimum Gasteiger partial charge on any atom is -0.352 e. The van der Waals surface area contributed by atoms with E-state index in [-0.39, 0.29) is 5.91 Å². The topological polar surface area (TPSA) is 83.8 Å². The molecule has 0 aliphatic heterocycles. The Morgan fingerprint density at radius 1 is 1.69 bits per heavy atom. The molecule has 1 rings (SSSR count). The Morgan fingerprint density at radius 2 is 2.44 bits per heavy atom. The van der Waals surface area contributed by atoms with Crippen molar-refractivity contribution in [3.63, 3.8) is 0 Å². The predicted octanol–water partition coefficient (Wildman–Crippen LogP) is 0.709. The first-order valence-electron chi connectivity index (χ1n) is 5.59. The van der Waals surface area contributed by atoms with Gasteiger partial charge in [0, 0.05) is 24.2 Å². The van der Waals surface area contributed by atoms with Crippen molar-refractivity contribution in [2.45, 2.75) is 33.2 Å². The highest BCUT2D eigenvalue weighted by molar-refractivity contribution is 5.75.